The molecule has 1 aliphatic rings. The average molecular weight is 334 g/mol. The number of carbonyl (C=O) groups excluding carboxylic acids is 1. The summed E-state index contributed by atoms with van der Waals surface area (Å²) in [5, 5.41) is 0. The zero-order valence-corrected chi connectivity index (χ0v) is 15.5. The molecule has 0 saturated carbocycles. The maximum atomic E-state index is 12.4. The second-order valence-electron chi connectivity index (χ2n) is 7.73. The van der Waals surface area contributed by atoms with E-state index in [1.165, 1.54) is 0 Å². The van der Waals surface area contributed by atoms with E-state index in [0.717, 1.165) is 30.7 Å². The molecule has 1 fully saturated rings. The van der Waals surface area contributed by atoms with Gasteiger partial charge in [0.2, 0.25) is 0 Å². The fourth-order valence-electron chi connectivity index (χ4n) is 2.97. The Balaban J connectivity index is 2.16. The van der Waals surface area contributed by atoms with Crippen LogP contribution in [0.1, 0.15) is 58.9 Å². The van der Waals surface area contributed by atoms with Gasteiger partial charge in [-0.1, -0.05) is 6.07 Å². The van der Waals surface area contributed by atoms with Gasteiger partial charge in [0.05, 0.1) is 6.10 Å². The Morgan fingerprint density at radius 3 is 2.67 bits per heavy atom. The average Bonchev–Trinajstić information content (AvgIpc) is 2.45. The Bertz CT molecular complexity index is 578. The summed E-state index contributed by atoms with van der Waals surface area (Å²) < 4.78 is 11.5. The minimum Gasteiger partial charge on any atom is -0.491 e. The van der Waals surface area contributed by atoms with E-state index in [0.29, 0.717) is 12.2 Å². The van der Waals surface area contributed by atoms with Gasteiger partial charge in [0.1, 0.15) is 11.4 Å². The molecule has 0 radical (unpaired) electrons. The number of carbonyl (C=O) groups is 1. The summed E-state index contributed by atoms with van der Waals surface area (Å²) in [6.45, 7) is 11.1. The van der Waals surface area contributed by atoms with Crippen LogP contribution < -0.4 is 10.5 Å². The quantitative estimate of drug-likeness (QED) is 0.843. The van der Waals surface area contributed by atoms with Gasteiger partial charge in [0.25, 0.3) is 0 Å². The molecular weight excluding hydrogens is 304 g/mol. The van der Waals surface area contributed by atoms with E-state index in [9.17, 15) is 4.79 Å². The van der Waals surface area contributed by atoms with Gasteiger partial charge >= 0.3 is 6.09 Å². The molecule has 1 aromatic rings. The van der Waals surface area contributed by atoms with E-state index in [1.807, 2.05) is 52.8 Å². The largest absolute Gasteiger partial charge is 0.491 e. The highest BCUT2D eigenvalue weighted by atomic mass is 16.6. The number of piperidine rings is 1. The number of nitrogens with two attached hydrogens (primary N) is 1. The van der Waals surface area contributed by atoms with Crippen molar-refractivity contribution < 1.29 is 14.3 Å². The summed E-state index contributed by atoms with van der Waals surface area (Å²) >= 11 is 0. The number of anilines is 1. The first-order chi connectivity index (χ1) is 11.2. The number of hydrogen-bond donors (Lipinski definition) is 1. The summed E-state index contributed by atoms with van der Waals surface area (Å²) in [7, 11) is 0. The Kier molecular flexibility index (Phi) is 5.62. The van der Waals surface area contributed by atoms with Crippen LogP contribution in [0.5, 0.6) is 5.75 Å². The summed E-state index contributed by atoms with van der Waals surface area (Å²) in [6.07, 6.45) is 1.82. The van der Waals surface area contributed by atoms with Crippen molar-refractivity contribution >= 4 is 11.8 Å². The number of ether oxygens (including phenoxy) is 2. The van der Waals surface area contributed by atoms with E-state index in [2.05, 4.69) is 0 Å². The molecule has 0 aromatic heterocycles. The third kappa shape index (κ3) is 5.05. The van der Waals surface area contributed by atoms with Crippen molar-refractivity contribution in [2.75, 3.05) is 18.8 Å². The van der Waals surface area contributed by atoms with Gasteiger partial charge in [-0.05, 0) is 59.1 Å². The fourth-order valence-corrected chi connectivity index (χ4v) is 2.97. The lowest BCUT2D eigenvalue weighted by atomic mass is 9.90. The van der Waals surface area contributed by atoms with Crippen molar-refractivity contribution in [3.63, 3.8) is 0 Å². The first-order valence-electron chi connectivity index (χ1n) is 8.69. The summed E-state index contributed by atoms with van der Waals surface area (Å²) in [5.74, 6) is 1.06. The van der Waals surface area contributed by atoms with Crippen molar-refractivity contribution in [2.24, 2.45) is 0 Å². The van der Waals surface area contributed by atoms with Gasteiger partial charge < -0.3 is 20.1 Å². The van der Waals surface area contributed by atoms with Crippen LogP contribution in [0.25, 0.3) is 0 Å². The lowest BCUT2D eigenvalue weighted by Crippen LogP contribution is -2.42. The minimum absolute atomic E-state index is 0.0797. The zero-order valence-electron chi connectivity index (χ0n) is 15.5. The van der Waals surface area contributed by atoms with Crippen LogP contribution in [0, 0.1) is 0 Å². The number of benzene rings is 1. The van der Waals surface area contributed by atoms with Crippen LogP contribution in [0.3, 0.4) is 0 Å². The molecule has 2 rings (SSSR count). The van der Waals surface area contributed by atoms with E-state index in [4.69, 9.17) is 15.2 Å². The van der Waals surface area contributed by atoms with Crippen molar-refractivity contribution in [1.29, 1.82) is 0 Å². The van der Waals surface area contributed by atoms with Gasteiger partial charge in [-0.15, -0.1) is 0 Å². The maximum absolute atomic E-state index is 12.4. The number of likely N-dealkylation sites (tertiary alicyclic amines) is 1. The van der Waals surface area contributed by atoms with Crippen LogP contribution >= 0.6 is 0 Å². The van der Waals surface area contributed by atoms with Crippen LogP contribution in [0.4, 0.5) is 10.5 Å². The van der Waals surface area contributed by atoms with Crippen LogP contribution in [0.2, 0.25) is 0 Å². The lowest BCUT2D eigenvalue weighted by Gasteiger charge is -2.35. The molecule has 1 saturated heterocycles. The molecule has 1 aromatic carbocycles. The molecule has 0 spiro atoms. The maximum Gasteiger partial charge on any atom is 0.410 e. The number of amides is 1. The van der Waals surface area contributed by atoms with E-state index < -0.39 is 5.60 Å². The molecule has 0 aliphatic carbocycles. The molecule has 2 N–H and O–H groups in total. The van der Waals surface area contributed by atoms with Gasteiger partial charge in [-0.3, -0.25) is 0 Å². The van der Waals surface area contributed by atoms with Crippen LogP contribution in [-0.2, 0) is 4.74 Å². The Morgan fingerprint density at radius 2 is 2.04 bits per heavy atom. The van der Waals surface area contributed by atoms with Gasteiger partial charge in [-0.2, -0.15) is 0 Å². The monoisotopic (exact) mass is 334 g/mol. The summed E-state index contributed by atoms with van der Waals surface area (Å²) in [5.41, 5.74) is 7.24. The van der Waals surface area contributed by atoms with Crippen molar-refractivity contribution in [3.8, 4) is 5.75 Å². The van der Waals surface area contributed by atoms with Gasteiger partial charge in [0, 0.05) is 30.8 Å². The Hall–Kier alpha value is -1.91. The number of nitrogens with zero attached hydrogens (tertiary/aromatic N) is 1. The lowest BCUT2D eigenvalue weighted by molar-refractivity contribution is 0.0197. The SMILES string of the molecule is CC(C)Oc1cc(N)ccc1C1CCCN(C(=O)OC(C)(C)C)C1. The molecule has 1 aliphatic heterocycles. The second-order valence-corrected chi connectivity index (χ2v) is 7.73. The normalized spacial score (nSPS) is 18.6. The molecule has 5 heteroatoms. The van der Waals surface area contributed by atoms with Gasteiger partial charge in [0.15, 0.2) is 0 Å². The van der Waals surface area contributed by atoms with Gasteiger partial charge in [-0.25, -0.2) is 4.79 Å². The first-order valence-corrected chi connectivity index (χ1v) is 8.69. The van der Waals surface area contributed by atoms with E-state index >= 15 is 0 Å². The van der Waals surface area contributed by atoms with Crippen molar-refractivity contribution in [2.45, 2.75) is 65.1 Å². The highest BCUT2D eigenvalue weighted by molar-refractivity contribution is 5.68. The van der Waals surface area contributed by atoms with E-state index in [1.54, 1.807) is 4.90 Å². The van der Waals surface area contributed by atoms with Crippen molar-refractivity contribution in [1.82, 2.24) is 4.90 Å². The minimum atomic E-state index is -0.475. The summed E-state index contributed by atoms with van der Waals surface area (Å²) in [6, 6.07) is 5.80. The molecule has 1 unspecified atom stereocenters. The molecule has 1 amide bonds. The molecule has 24 heavy (non-hydrogen) atoms. The predicted octanol–water partition coefficient (Wildman–Crippen LogP) is 4.17. The smallest absolute Gasteiger partial charge is 0.410 e. The fraction of sp³-hybridized carbons (Fsp3) is 0.632. The molecule has 1 heterocycles. The van der Waals surface area contributed by atoms with Crippen molar-refractivity contribution in [3.05, 3.63) is 23.8 Å². The number of hydrogen-bond acceptors (Lipinski definition) is 4. The zero-order chi connectivity index (χ0) is 17.9. The molecule has 1 atom stereocenters. The highest BCUT2D eigenvalue weighted by Gasteiger charge is 2.29. The topological polar surface area (TPSA) is 64.8 Å². The Labute approximate surface area is 145 Å². The standard InChI is InChI=1S/C19H30N2O3/c1-13(2)23-17-11-15(20)8-9-16(17)14-7-6-10-21(12-14)18(22)24-19(3,4)5/h8-9,11,13-14H,6-7,10,12,20H2,1-5H3. The molecule has 0 bridgehead atoms. The summed E-state index contributed by atoms with van der Waals surface area (Å²) in [4.78, 5) is 14.2. The van der Waals surface area contributed by atoms with E-state index in [-0.39, 0.29) is 18.1 Å². The predicted molar refractivity (Wildman–Crippen MR) is 96.4 cm³/mol. The number of rotatable bonds is 3. The third-order valence-electron chi connectivity index (χ3n) is 3.91. The third-order valence-corrected chi connectivity index (χ3v) is 3.91. The molecular formula is C19H30N2O3. The first kappa shape index (κ1) is 18.4. The molecule has 5 nitrogen and oxygen atoms in total. The molecule has 134 valence electrons. The number of nitrogen functional groups attached to an aromatic ring is 1. The Morgan fingerprint density at radius 1 is 1.33 bits per heavy atom. The second kappa shape index (κ2) is 7.32. The highest BCUT2D eigenvalue weighted by Crippen LogP contribution is 2.35. The van der Waals surface area contributed by atoms with Crippen LogP contribution in [-0.4, -0.2) is 35.8 Å². The van der Waals surface area contributed by atoms with Crippen LogP contribution in [0.15, 0.2) is 18.2 Å².